The molecule has 0 saturated heterocycles. The van der Waals surface area contributed by atoms with Crippen molar-refractivity contribution in [2.24, 2.45) is 0 Å². The number of hydrogen-bond donors (Lipinski definition) is 2. The lowest BCUT2D eigenvalue weighted by Gasteiger charge is -2.14. The van der Waals surface area contributed by atoms with Crippen molar-refractivity contribution in [2.75, 3.05) is 12.2 Å². The van der Waals surface area contributed by atoms with Crippen LogP contribution < -0.4 is 15.3 Å². The Morgan fingerprint density at radius 3 is 2.57 bits per heavy atom. The van der Waals surface area contributed by atoms with Gasteiger partial charge in [-0.3, -0.25) is 0 Å². The van der Waals surface area contributed by atoms with Crippen LogP contribution in [0.15, 0.2) is 36.3 Å². The van der Waals surface area contributed by atoms with Gasteiger partial charge in [0.1, 0.15) is 5.75 Å². The largest absolute Gasteiger partial charge is 0.497 e. The lowest BCUT2D eigenvalue weighted by molar-refractivity contribution is 0.0723. The molecule has 0 aromatic heterocycles. The lowest BCUT2D eigenvalue weighted by Crippen LogP contribution is -2.19. The number of aliphatic hydroxyl groups excluding tert-OH is 1. The average molecular weight is 194 g/mol. The molecule has 1 aliphatic heterocycles. The number of hydroxylamine groups is 2. The maximum Gasteiger partial charge on any atom is 0.236 e. The zero-order chi connectivity index (χ0) is 9.97. The highest BCUT2D eigenvalue weighted by molar-refractivity contribution is 5.50. The van der Waals surface area contributed by atoms with Crippen molar-refractivity contribution in [2.45, 2.75) is 0 Å². The maximum absolute atomic E-state index is 9.34. The Kier molecular flexibility index (Phi) is 2.16. The Morgan fingerprint density at radius 1 is 1.36 bits per heavy atom. The van der Waals surface area contributed by atoms with Gasteiger partial charge in [0.15, 0.2) is 0 Å². The monoisotopic (exact) mass is 194 g/mol. The van der Waals surface area contributed by atoms with Gasteiger partial charge in [0.2, 0.25) is 5.88 Å². The van der Waals surface area contributed by atoms with Crippen molar-refractivity contribution in [1.29, 1.82) is 0 Å². The van der Waals surface area contributed by atoms with Gasteiger partial charge in [0.25, 0.3) is 0 Å². The Balaban J connectivity index is 2.21. The van der Waals surface area contributed by atoms with Gasteiger partial charge in [-0.1, -0.05) is 0 Å². The molecule has 0 atom stereocenters. The number of nitrogens with one attached hydrogen (secondary N) is 1. The van der Waals surface area contributed by atoms with Crippen LogP contribution in [0.5, 0.6) is 5.75 Å². The quantitative estimate of drug-likeness (QED) is 0.743. The molecule has 74 valence electrons. The third-order valence-electron chi connectivity index (χ3n) is 1.85. The Bertz CT molecular complexity index is 348. The predicted octanol–water partition coefficient (Wildman–Crippen LogP) is 1.31. The third-order valence-corrected chi connectivity index (χ3v) is 1.85. The van der Waals surface area contributed by atoms with Crippen molar-refractivity contribution >= 4 is 5.69 Å². The summed E-state index contributed by atoms with van der Waals surface area (Å²) in [5, 5.41) is 10.6. The zero-order valence-electron chi connectivity index (χ0n) is 7.60. The van der Waals surface area contributed by atoms with Crippen LogP contribution in [0.1, 0.15) is 0 Å². The molecular formula is C9H10N2O3. The Labute approximate surface area is 81.1 Å². The van der Waals surface area contributed by atoms with Gasteiger partial charge < -0.3 is 9.84 Å². The highest BCUT2D eigenvalue weighted by atomic mass is 16.8. The first-order chi connectivity index (χ1) is 6.81. The van der Waals surface area contributed by atoms with Crippen molar-refractivity contribution < 1.29 is 14.8 Å². The highest BCUT2D eigenvalue weighted by Gasteiger charge is 2.17. The molecular weight excluding hydrogens is 184 g/mol. The van der Waals surface area contributed by atoms with Crippen LogP contribution in [0, 0.1) is 0 Å². The number of rotatable bonds is 2. The van der Waals surface area contributed by atoms with E-state index in [0.29, 0.717) is 5.69 Å². The molecule has 2 N–H and O–H groups in total. The van der Waals surface area contributed by atoms with Crippen LogP contribution in [0.3, 0.4) is 0 Å². The van der Waals surface area contributed by atoms with Crippen LogP contribution in [-0.4, -0.2) is 12.2 Å². The van der Waals surface area contributed by atoms with Gasteiger partial charge in [0.05, 0.1) is 19.0 Å². The first-order valence-electron chi connectivity index (χ1n) is 4.07. The number of hydrogen-bond acceptors (Lipinski definition) is 5. The maximum atomic E-state index is 9.34. The van der Waals surface area contributed by atoms with Crippen LogP contribution in [0.25, 0.3) is 0 Å². The summed E-state index contributed by atoms with van der Waals surface area (Å²) < 4.78 is 5.01. The number of ether oxygens (including phenoxy) is 1. The minimum Gasteiger partial charge on any atom is -0.497 e. The van der Waals surface area contributed by atoms with Crippen molar-refractivity contribution in [3.63, 3.8) is 0 Å². The van der Waals surface area contributed by atoms with E-state index in [9.17, 15) is 5.11 Å². The number of benzene rings is 1. The van der Waals surface area contributed by atoms with E-state index in [4.69, 9.17) is 9.68 Å². The summed E-state index contributed by atoms with van der Waals surface area (Å²) in [4.78, 5) is 4.92. The Morgan fingerprint density at radius 2 is 2.07 bits per heavy atom. The number of aliphatic hydroxyl groups is 1. The van der Waals surface area contributed by atoms with Crippen LogP contribution in [0.4, 0.5) is 5.69 Å². The molecule has 0 aliphatic carbocycles. The molecule has 5 heteroatoms. The first-order valence-corrected chi connectivity index (χ1v) is 4.07. The minimum atomic E-state index is 0.00941. The van der Waals surface area contributed by atoms with Crippen molar-refractivity contribution in [3.05, 3.63) is 36.3 Å². The van der Waals surface area contributed by atoms with E-state index in [-0.39, 0.29) is 5.88 Å². The molecule has 1 aliphatic rings. The van der Waals surface area contributed by atoms with E-state index in [1.54, 1.807) is 31.4 Å². The van der Waals surface area contributed by atoms with Gasteiger partial charge in [-0.25, -0.2) is 5.48 Å². The molecule has 1 aromatic rings. The summed E-state index contributed by atoms with van der Waals surface area (Å²) in [7, 11) is 1.60. The number of anilines is 1. The molecule has 0 fully saturated rings. The van der Waals surface area contributed by atoms with Crippen LogP contribution >= 0.6 is 0 Å². The summed E-state index contributed by atoms with van der Waals surface area (Å²) in [6.07, 6.45) is 1.35. The summed E-state index contributed by atoms with van der Waals surface area (Å²) in [5.41, 5.74) is 3.14. The fourth-order valence-electron chi connectivity index (χ4n) is 1.14. The van der Waals surface area contributed by atoms with Crippen molar-refractivity contribution in [3.8, 4) is 5.75 Å². The fourth-order valence-corrected chi connectivity index (χ4v) is 1.14. The topological polar surface area (TPSA) is 54.0 Å². The third kappa shape index (κ3) is 1.45. The standard InChI is InChI=1S/C9H10N2O3/c1-13-8-4-2-7(3-5-8)11-9(12)6-10-14-11/h2-6,10,12H,1H3. The van der Waals surface area contributed by atoms with E-state index >= 15 is 0 Å². The second-order valence-corrected chi connectivity index (χ2v) is 2.70. The molecule has 5 nitrogen and oxygen atoms in total. The van der Waals surface area contributed by atoms with E-state index in [1.807, 2.05) is 0 Å². The molecule has 0 radical (unpaired) electrons. The molecule has 0 saturated carbocycles. The minimum absolute atomic E-state index is 0.00941. The predicted molar refractivity (Wildman–Crippen MR) is 50.4 cm³/mol. The van der Waals surface area contributed by atoms with Gasteiger partial charge in [0, 0.05) is 0 Å². The molecule has 0 spiro atoms. The normalized spacial score (nSPS) is 14.9. The molecule has 2 rings (SSSR count). The summed E-state index contributed by atoms with van der Waals surface area (Å²) in [6.45, 7) is 0. The molecule has 14 heavy (non-hydrogen) atoms. The summed E-state index contributed by atoms with van der Waals surface area (Å²) >= 11 is 0. The van der Waals surface area contributed by atoms with E-state index in [1.165, 1.54) is 11.3 Å². The highest BCUT2D eigenvalue weighted by Crippen LogP contribution is 2.22. The van der Waals surface area contributed by atoms with Crippen LogP contribution in [-0.2, 0) is 4.94 Å². The molecule has 1 heterocycles. The summed E-state index contributed by atoms with van der Waals surface area (Å²) in [5.74, 6) is 0.763. The van der Waals surface area contributed by atoms with Gasteiger partial charge >= 0.3 is 0 Å². The van der Waals surface area contributed by atoms with E-state index < -0.39 is 0 Å². The Hall–Kier alpha value is -1.88. The smallest absolute Gasteiger partial charge is 0.236 e. The van der Waals surface area contributed by atoms with Gasteiger partial charge in [-0.2, -0.15) is 5.06 Å². The molecule has 0 bridgehead atoms. The first kappa shape index (κ1) is 8.71. The lowest BCUT2D eigenvalue weighted by atomic mass is 10.3. The van der Waals surface area contributed by atoms with Crippen molar-refractivity contribution in [1.82, 2.24) is 5.48 Å². The van der Waals surface area contributed by atoms with Crippen LogP contribution in [0.2, 0.25) is 0 Å². The van der Waals surface area contributed by atoms with Gasteiger partial charge in [-0.05, 0) is 24.3 Å². The fraction of sp³-hybridized carbons (Fsp3) is 0.111. The van der Waals surface area contributed by atoms with E-state index in [0.717, 1.165) is 5.75 Å². The molecule has 0 amide bonds. The second kappa shape index (κ2) is 3.47. The van der Waals surface area contributed by atoms with Gasteiger partial charge in [-0.15, -0.1) is 4.94 Å². The number of nitrogens with zero attached hydrogens (tertiary/aromatic N) is 1. The molecule has 1 aromatic carbocycles. The zero-order valence-corrected chi connectivity index (χ0v) is 7.60. The average Bonchev–Trinajstić information content (AvgIpc) is 2.65. The van der Waals surface area contributed by atoms with E-state index in [2.05, 4.69) is 5.48 Å². The molecule has 0 unspecified atom stereocenters. The summed E-state index contributed by atoms with van der Waals surface area (Å²) in [6, 6.07) is 7.11. The second-order valence-electron chi connectivity index (χ2n) is 2.70. The SMILES string of the molecule is COc1ccc(N2ONC=C2O)cc1. The number of methoxy groups -OCH3 is 1.